The van der Waals surface area contributed by atoms with Crippen LogP contribution >= 0.6 is 11.6 Å². The number of nitrogens with one attached hydrogen (secondary N) is 1. The van der Waals surface area contributed by atoms with Crippen LogP contribution in [0.1, 0.15) is 23.2 Å². The quantitative estimate of drug-likeness (QED) is 0.781. The second kappa shape index (κ2) is 6.21. The molecule has 2 unspecified atom stereocenters. The fraction of sp³-hybridized carbons (Fsp3) is 0.385. The number of anilines is 1. The van der Waals surface area contributed by atoms with Crippen molar-refractivity contribution < 1.29 is 19.4 Å². The minimum absolute atomic E-state index is 0.0717. The molecular formula is C13H15ClN2O4. The van der Waals surface area contributed by atoms with Crippen molar-refractivity contribution >= 4 is 29.2 Å². The number of carboxylic acid groups (broad SMARTS) is 1. The Morgan fingerprint density at radius 1 is 1.45 bits per heavy atom. The van der Waals surface area contributed by atoms with Crippen LogP contribution in [0.4, 0.5) is 5.69 Å². The van der Waals surface area contributed by atoms with Crippen LogP contribution in [0.15, 0.2) is 18.2 Å². The third-order valence-corrected chi connectivity index (χ3v) is 3.46. The first kappa shape index (κ1) is 14.8. The van der Waals surface area contributed by atoms with E-state index in [1.54, 1.807) is 6.07 Å². The molecule has 1 amide bonds. The van der Waals surface area contributed by atoms with Crippen LogP contribution in [0.25, 0.3) is 0 Å². The Labute approximate surface area is 120 Å². The zero-order valence-electron chi connectivity index (χ0n) is 10.6. The number of ether oxygens (including phenoxy) is 1. The summed E-state index contributed by atoms with van der Waals surface area (Å²) < 4.78 is 5.46. The molecule has 1 aliphatic heterocycles. The predicted molar refractivity (Wildman–Crippen MR) is 74.0 cm³/mol. The Hall–Kier alpha value is -1.63. The molecule has 1 heterocycles. The molecule has 2 rings (SSSR count). The van der Waals surface area contributed by atoms with Crippen molar-refractivity contribution in [3.8, 4) is 0 Å². The molecule has 6 nitrogen and oxygen atoms in total. The molecule has 20 heavy (non-hydrogen) atoms. The second-order valence-corrected chi connectivity index (χ2v) is 4.92. The third-order valence-electron chi connectivity index (χ3n) is 3.15. The second-order valence-electron chi connectivity index (χ2n) is 4.52. The number of benzene rings is 1. The van der Waals surface area contributed by atoms with Gasteiger partial charge in [-0.1, -0.05) is 17.7 Å². The first-order valence-electron chi connectivity index (χ1n) is 6.21. The summed E-state index contributed by atoms with van der Waals surface area (Å²) in [7, 11) is 0. The van der Waals surface area contributed by atoms with Crippen molar-refractivity contribution in [1.29, 1.82) is 0 Å². The maximum absolute atomic E-state index is 12.0. The van der Waals surface area contributed by atoms with Gasteiger partial charge in [0.05, 0.1) is 16.8 Å². The van der Waals surface area contributed by atoms with Crippen LogP contribution in [-0.4, -0.2) is 35.7 Å². The summed E-state index contributed by atoms with van der Waals surface area (Å²) in [5, 5.41) is 11.7. The third kappa shape index (κ3) is 3.09. The first-order valence-corrected chi connectivity index (χ1v) is 6.59. The van der Waals surface area contributed by atoms with E-state index in [2.05, 4.69) is 5.32 Å². The SMILES string of the molecule is NCC1CCC(C(=O)Nc2cccc(Cl)c2C(=O)O)O1. The van der Waals surface area contributed by atoms with Gasteiger partial charge in [0.15, 0.2) is 0 Å². The van der Waals surface area contributed by atoms with Crippen molar-refractivity contribution in [2.45, 2.75) is 25.0 Å². The van der Waals surface area contributed by atoms with Crippen molar-refractivity contribution in [3.63, 3.8) is 0 Å². The van der Waals surface area contributed by atoms with Crippen LogP contribution in [0.2, 0.25) is 5.02 Å². The number of nitrogens with two attached hydrogens (primary N) is 1. The summed E-state index contributed by atoms with van der Waals surface area (Å²) in [6.45, 7) is 0.362. The van der Waals surface area contributed by atoms with Crippen molar-refractivity contribution in [2.24, 2.45) is 5.73 Å². The summed E-state index contributed by atoms with van der Waals surface area (Å²) >= 11 is 5.83. The molecule has 108 valence electrons. The molecule has 4 N–H and O–H groups in total. The van der Waals surface area contributed by atoms with E-state index < -0.39 is 12.1 Å². The molecule has 1 aromatic carbocycles. The van der Waals surface area contributed by atoms with Gasteiger partial charge in [-0.2, -0.15) is 0 Å². The van der Waals surface area contributed by atoms with E-state index in [9.17, 15) is 9.59 Å². The molecule has 1 saturated heterocycles. The average Bonchev–Trinajstić information content (AvgIpc) is 2.87. The molecule has 0 radical (unpaired) electrons. The highest BCUT2D eigenvalue weighted by molar-refractivity contribution is 6.34. The molecule has 0 saturated carbocycles. The van der Waals surface area contributed by atoms with Gasteiger partial charge in [0.2, 0.25) is 0 Å². The van der Waals surface area contributed by atoms with E-state index in [4.69, 9.17) is 27.2 Å². The molecule has 0 aliphatic carbocycles. The van der Waals surface area contributed by atoms with E-state index in [1.165, 1.54) is 12.1 Å². The predicted octanol–water partition coefficient (Wildman–Crippen LogP) is 1.48. The van der Waals surface area contributed by atoms with E-state index in [0.717, 1.165) is 6.42 Å². The fourth-order valence-electron chi connectivity index (χ4n) is 2.13. The zero-order valence-corrected chi connectivity index (χ0v) is 11.4. The lowest BCUT2D eigenvalue weighted by Crippen LogP contribution is -2.30. The standard InChI is InChI=1S/C13H15ClN2O4/c14-8-2-1-3-9(11(8)13(18)19)16-12(17)10-5-4-7(6-15)20-10/h1-3,7,10H,4-6,15H2,(H,16,17)(H,18,19). The van der Waals surface area contributed by atoms with Crippen LogP contribution in [-0.2, 0) is 9.53 Å². The summed E-state index contributed by atoms with van der Waals surface area (Å²) in [6, 6.07) is 4.52. The smallest absolute Gasteiger partial charge is 0.339 e. The summed E-state index contributed by atoms with van der Waals surface area (Å²) in [6.07, 6.45) is 0.556. The van der Waals surface area contributed by atoms with Crippen LogP contribution in [0, 0.1) is 0 Å². The van der Waals surface area contributed by atoms with E-state index in [1.807, 2.05) is 0 Å². The molecule has 0 spiro atoms. The molecular weight excluding hydrogens is 284 g/mol. The van der Waals surface area contributed by atoms with Gasteiger partial charge in [-0.05, 0) is 25.0 Å². The Morgan fingerprint density at radius 2 is 2.20 bits per heavy atom. The minimum atomic E-state index is -1.20. The Balaban J connectivity index is 2.13. The number of halogens is 1. The number of hydrogen-bond donors (Lipinski definition) is 3. The first-order chi connectivity index (χ1) is 9.52. The maximum atomic E-state index is 12.0. The average molecular weight is 299 g/mol. The van der Waals surface area contributed by atoms with Crippen molar-refractivity contribution in [3.05, 3.63) is 28.8 Å². The number of hydrogen-bond acceptors (Lipinski definition) is 4. The largest absolute Gasteiger partial charge is 0.478 e. The van der Waals surface area contributed by atoms with Crippen molar-refractivity contribution in [1.82, 2.24) is 0 Å². The van der Waals surface area contributed by atoms with Gasteiger partial charge in [-0.3, -0.25) is 4.79 Å². The van der Waals surface area contributed by atoms with Gasteiger partial charge in [0, 0.05) is 6.54 Å². The lowest BCUT2D eigenvalue weighted by Gasteiger charge is -2.14. The van der Waals surface area contributed by atoms with Crippen LogP contribution in [0.3, 0.4) is 0 Å². The number of carboxylic acids is 1. The maximum Gasteiger partial charge on any atom is 0.339 e. The van der Waals surface area contributed by atoms with Gasteiger partial charge in [0.1, 0.15) is 11.7 Å². The van der Waals surface area contributed by atoms with E-state index in [0.29, 0.717) is 13.0 Å². The molecule has 1 fully saturated rings. The van der Waals surface area contributed by atoms with E-state index >= 15 is 0 Å². The molecule has 1 aliphatic rings. The lowest BCUT2D eigenvalue weighted by atomic mass is 10.1. The summed E-state index contributed by atoms with van der Waals surface area (Å²) in [5.41, 5.74) is 5.51. The number of rotatable bonds is 4. The Kier molecular flexibility index (Phi) is 4.59. The molecule has 0 aromatic heterocycles. The van der Waals surface area contributed by atoms with Gasteiger partial charge in [-0.25, -0.2) is 4.79 Å². The van der Waals surface area contributed by atoms with Crippen LogP contribution in [0.5, 0.6) is 0 Å². The molecule has 2 atom stereocenters. The molecule has 7 heteroatoms. The van der Waals surface area contributed by atoms with Gasteiger partial charge >= 0.3 is 5.97 Å². The van der Waals surface area contributed by atoms with Gasteiger partial charge in [0.25, 0.3) is 5.91 Å². The number of carbonyl (C=O) groups is 2. The topological polar surface area (TPSA) is 102 Å². The van der Waals surface area contributed by atoms with Crippen LogP contribution < -0.4 is 11.1 Å². The Morgan fingerprint density at radius 3 is 2.80 bits per heavy atom. The number of carbonyl (C=O) groups excluding carboxylic acids is 1. The summed E-state index contributed by atoms with van der Waals surface area (Å²) in [5.74, 6) is -1.58. The zero-order chi connectivity index (χ0) is 14.7. The highest BCUT2D eigenvalue weighted by atomic mass is 35.5. The monoisotopic (exact) mass is 298 g/mol. The number of aromatic carboxylic acids is 1. The minimum Gasteiger partial charge on any atom is -0.478 e. The lowest BCUT2D eigenvalue weighted by molar-refractivity contribution is -0.126. The van der Waals surface area contributed by atoms with Gasteiger partial charge in [-0.15, -0.1) is 0 Å². The van der Waals surface area contributed by atoms with Gasteiger partial charge < -0.3 is 20.9 Å². The highest BCUT2D eigenvalue weighted by Gasteiger charge is 2.30. The number of amides is 1. The van der Waals surface area contributed by atoms with Crippen molar-refractivity contribution in [2.75, 3.05) is 11.9 Å². The summed E-state index contributed by atoms with van der Waals surface area (Å²) in [4.78, 5) is 23.2. The highest BCUT2D eigenvalue weighted by Crippen LogP contribution is 2.26. The normalized spacial score (nSPS) is 21.7. The fourth-order valence-corrected chi connectivity index (χ4v) is 2.39. The molecule has 1 aromatic rings. The molecule has 0 bridgehead atoms. The van der Waals surface area contributed by atoms with E-state index in [-0.39, 0.29) is 28.3 Å². The Bertz CT molecular complexity index is 535.